The quantitative estimate of drug-likeness (QED) is 0.756. The predicted molar refractivity (Wildman–Crippen MR) is 91.5 cm³/mol. The van der Waals surface area contributed by atoms with Gasteiger partial charge >= 0.3 is 0 Å². The maximum Gasteiger partial charge on any atom is 0.244 e. The van der Waals surface area contributed by atoms with Crippen molar-refractivity contribution in [2.24, 2.45) is 0 Å². The van der Waals surface area contributed by atoms with Crippen LogP contribution in [0.1, 0.15) is 11.1 Å². The third kappa shape index (κ3) is 3.00. The van der Waals surface area contributed by atoms with Gasteiger partial charge < -0.3 is 9.88 Å². The number of amides is 1. The molecule has 112 valence electrons. The van der Waals surface area contributed by atoms with Crippen LogP contribution in [0.5, 0.6) is 0 Å². The van der Waals surface area contributed by atoms with Crippen molar-refractivity contribution in [2.45, 2.75) is 20.4 Å². The number of hydrogen-bond acceptors (Lipinski definition) is 1. The number of aryl methyl sites for hydroxylation is 2. The van der Waals surface area contributed by atoms with Crippen LogP contribution in [0.3, 0.4) is 0 Å². The van der Waals surface area contributed by atoms with Crippen molar-refractivity contribution < 1.29 is 4.79 Å². The average molecular weight is 313 g/mol. The topological polar surface area (TPSA) is 34.0 Å². The Labute approximate surface area is 134 Å². The molecule has 0 unspecified atom stereocenters. The SMILES string of the molecule is Cc1ccc(NC(=O)Cn2ccc3cc(Cl)ccc32)cc1C. The number of hydrogen-bond donors (Lipinski definition) is 1. The Bertz CT molecular complexity index is 851. The highest BCUT2D eigenvalue weighted by Gasteiger charge is 2.07. The van der Waals surface area contributed by atoms with Gasteiger partial charge in [-0.3, -0.25) is 4.79 Å². The van der Waals surface area contributed by atoms with Gasteiger partial charge in [0.2, 0.25) is 5.91 Å². The lowest BCUT2D eigenvalue weighted by Crippen LogP contribution is -2.18. The van der Waals surface area contributed by atoms with E-state index in [-0.39, 0.29) is 12.5 Å². The van der Waals surface area contributed by atoms with Gasteiger partial charge in [0.1, 0.15) is 6.54 Å². The summed E-state index contributed by atoms with van der Waals surface area (Å²) in [5.74, 6) is -0.0456. The summed E-state index contributed by atoms with van der Waals surface area (Å²) < 4.78 is 1.92. The molecule has 3 nitrogen and oxygen atoms in total. The van der Waals surface area contributed by atoms with Crippen LogP contribution in [0.25, 0.3) is 10.9 Å². The van der Waals surface area contributed by atoms with Crippen LogP contribution in [0.4, 0.5) is 5.69 Å². The highest BCUT2D eigenvalue weighted by molar-refractivity contribution is 6.31. The Balaban J connectivity index is 1.76. The lowest BCUT2D eigenvalue weighted by Gasteiger charge is -2.09. The van der Waals surface area contributed by atoms with Gasteiger partial charge in [-0.1, -0.05) is 17.7 Å². The lowest BCUT2D eigenvalue weighted by molar-refractivity contribution is -0.116. The molecule has 0 spiro atoms. The van der Waals surface area contributed by atoms with Gasteiger partial charge in [-0.05, 0) is 61.4 Å². The molecule has 1 amide bonds. The normalized spacial score (nSPS) is 10.9. The van der Waals surface area contributed by atoms with Crippen LogP contribution >= 0.6 is 11.6 Å². The van der Waals surface area contributed by atoms with E-state index in [0.29, 0.717) is 5.02 Å². The molecule has 0 saturated heterocycles. The average Bonchev–Trinajstić information content (AvgIpc) is 2.85. The minimum atomic E-state index is -0.0456. The van der Waals surface area contributed by atoms with Gasteiger partial charge in [-0.25, -0.2) is 0 Å². The maximum absolute atomic E-state index is 12.2. The molecule has 0 aliphatic rings. The van der Waals surface area contributed by atoms with E-state index in [1.54, 1.807) is 0 Å². The molecule has 3 aromatic rings. The first-order valence-electron chi connectivity index (χ1n) is 7.14. The van der Waals surface area contributed by atoms with E-state index in [0.717, 1.165) is 16.6 Å². The molecule has 0 aliphatic carbocycles. The Morgan fingerprint density at radius 3 is 2.68 bits per heavy atom. The molecule has 0 bridgehead atoms. The molecule has 3 rings (SSSR count). The van der Waals surface area contributed by atoms with Gasteiger partial charge in [-0.15, -0.1) is 0 Å². The van der Waals surface area contributed by atoms with Crippen LogP contribution in [-0.2, 0) is 11.3 Å². The number of anilines is 1. The van der Waals surface area contributed by atoms with E-state index in [1.165, 1.54) is 11.1 Å². The number of halogens is 1. The Kier molecular flexibility index (Phi) is 3.90. The zero-order valence-corrected chi connectivity index (χ0v) is 13.3. The molecule has 0 saturated carbocycles. The molecule has 4 heteroatoms. The fraction of sp³-hybridized carbons (Fsp3) is 0.167. The van der Waals surface area contributed by atoms with Crippen molar-refractivity contribution in [2.75, 3.05) is 5.32 Å². The number of fused-ring (bicyclic) bond motifs is 1. The first-order chi connectivity index (χ1) is 10.5. The van der Waals surface area contributed by atoms with Gasteiger partial charge in [0, 0.05) is 27.8 Å². The Morgan fingerprint density at radius 2 is 1.91 bits per heavy atom. The summed E-state index contributed by atoms with van der Waals surface area (Å²) in [6.45, 7) is 4.37. The first kappa shape index (κ1) is 14.7. The summed E-state index contributed by atoms with van der Waals surface area (Å²) in [5.41, 5.74) is 4.21. The van der Waals surface area contributed by atoms with E-state index >= 15 is 0 Å². The number of nitrogens with zero attached hydrogens (tertiary/aromatic N) is 1. The molecule has 0 aliphatic heterocycles. The van der Waals surface area contributed by atoms with E-state index in [2.05, 4.69) is 12.2 Å². The Morgan fingerprint density at radius 1 is 1.09 bits per heavy atom. The molecule has 2 aromatic carbocycles. The maximum atomic E-state index is 12.2. The smallest absolute Gasteiger partial charge is 0.244 e. The second-order valence-corrected chi connectivity index (χ2v) is 5.93. The van der Waals surface area contributed by atoms with Crippen molar-refractivity contribution in [1.29, 1.82) is 0 Å². The minimum Gasteiger partial charge on any atom is -0.338 e. The number of aromatic nitrogens is 1. The summed E-state index contributed by atoms with van der Waals surface area (Å²) in [4.78, 5) is 12.2. The molecule has 22 heavy (non-hydrogen) atoms. The highest BCUT2D eigenvalue weighted by atomic mass is 35.5. The monoisotopic (exact) mass is 312 g/mol. The lowest BCUT2D eigenvalue weighted by atomic mass is 10.1. The van der Waals surface area contributed by atoms with E-state index in [1.807, 2.05) is 60.2 Å². The van der Waals surface area contributed by atoms with Crippen LogP contribution < -0.4 is 5.32 Å². The largest absolute Gasteiger partial charge is 0.338 e. The van der Waals surface area contributed by atoms with Crippen LogP contribution in [0.2, 0.25) is 5.02 Å². The van der Waals surface area contributed by atoms with Crippen molar-refractivity contribution in [1.82, 2.24) is 4.57 Å². The second-order valence-electron chi connectivity index (χ2n) is 5.49. The summed E-state index contributed by atoms with van der Waals surface area (Å²) in [6.07, 6.45) is 1.90. The third-order valence-corrected chi connectivity index (χ3v) is 4.07. The molecule has 1 N–H and O–H groups in total. The molecular formula is C18H17ClN2O. The summed E-state index contributed by atoms with van der Waals surface area (Å²) in [6, 6.07) is 13.5. The molecule has 0 radical (unpaired) electrons. The molecular weight excluding hydrogens is 296 g/mol. The standard InChI is InChI=1S/C18H17ClN2O/c1-12-3-5-16(9-13(12)2)20-18(22)11-21-8-7-14-10-15(19)4-6-17(14)21/h3-10H,11H2,1-2H3,(H,20,22). The van der Waals surface area contributed by atoms with Crippen LogP contribution in [0.15, 0.2) is 48.7 Å². The van der Waals surface area contributed by atoms with Crippen molar-refractivity contribution >= 4 is 34.1 Å². The van der Waals surface area contributed by atoms with Crippen LogP contribution in [0, 0.1) is 13.8 Å². The van der Waals surface area contributed by atoms with Gasteiger partial charge in [0.05, 0.1) is 0 Å². The minimum absolute atomic E-state index is 0.0456. The van der Waals surface area contributed by atoms with E-state index in [4.69, 9.17) is 11.6 Å². The number of carbonyl (C=O) groups excluding carboxylic acids is 1. The number of rotatable bonds is 3. The first-order valence-corrected chi connectivity index (χ1v) is 7.52. The fourth-order valence-electron chi connectivity index (χ4n) is 2.48. The van der Waals surface area contributed by atoms with Crippen LogP contribution in [-0.4, -0.2) is 10.5 Å². The summed E-state index contributed by atoms with van der Waals surface area (Å²) in [7, 11) is 0. The Hall–Kier alpha value is -2.26. The predicted octanol–water partition coefficient (Wildman–Crippen LogP) is 4.55. The number of benzene rings is 2. The summed E-state index contributed by atoms with van der Waals surface area (Å²) in [5, 5.41) is 4.67. The molecule has 0 fully saturated rings. The molecule has 1 heterocycles. The van der Waals surface area contributed by atoms with E-state index in [9.17, 15) is 4.79 Å². The highest BCUT2D eigenvalue weighted by Crippen LogP contribution is 2.20. The molecule has 0 atom stereocenters. The van der Waals surface area contributed by atoms with E-state index < -0.39 is 0 Å². The van der Waals surface area contributed by atoms with Crippen molar-refractivity contribution in [3.05, 3.63) is 64.8 Å². The second kappa shape index (κ2) is 5.85. The van der Waals surface area contributed by atoms with Gasteiger partial charge in [0.15, 0.2) is 0 Å². The fourth-order valence-corrected chi connectivity index (χ4v) is 2.66. The van der Waals surface area contributed by atoms with Gasteiger partial charge in [0.25, 0.3) is 0 Å². The van der Waals surface area contributed by atoms with Crippen molar-refractivity contribution in [3.8, 4) is 0 Å². The van der Waals surface area contributed by atoms with Gasteiger partial charge in [-0.2, -0.15) is 0 Å². The van der Waals surface area contributed by atoms with Crippen molar-refractivity contribution in [3.63, 3.8) is 0 Å². The third-order valence-electron chi connectivity index (χ3n) is 3.84. The zero-order valence-electron chi connectivity index (χ0n) is 12.6. The molecule has 1 aromatic heterocycles. The number of nitrogens with one attached hydrogen (secondary N) is 1. The number of carbonyl (C=O) groups is 1. The summed E-state index contributed by atoms with van der Waals surface area (Å²) >= 11 is 5.98. The zero-order chi connectivity index (χ0) is 15.7.